The molecule has 0 aliphatic rings. The van der Waals surface area contributed by atoms with E-state index in [0.29, 0.717) is 42.1 Å². The smallest absolute Gasteiger partial charge is 0.340 e. The minimum Gasteiger partial charge on any atom is -0.462 e. The predicted octanol–water partition coefficient (Wildman–Crippen LogP) is 3.03. The summed E-state index contributed by atoms with van der Waals surface area (Å²) in [5.41, 5.74) is 3.24. The molecule has 0 radical (unpaired) electrons. The summed E-state index contributed by atoms with van der Waals surface area (Å²) in [5.74, 6) is 0.240. The molecule has 0 unspecified atom stereocenters. The monoisotopic (exact) mass is 394 g/mol. The Morgan fingerprint density at radius 3 is 2.69 bits per heavy atom. The number of nitrogens with one attached hydrogen (secondary N) is 2. The Bertz CT molecular complexity index is 989. The number of imidazole rings is 1. The zero-order valence-corrected chi connectivity index (χ0v) is 17.0. The van der Waals surface area contributed by atoms with Crippen molar-refractivity contribution in [1.82, 2.24) is 19.9 Å². The van der Waals surface area contributed by atoms with Crippen LogP contribution in [0.25, 0.3) is 0 Å². The van der Waals surface area contributed by atoms with Gasteiger partial charge in [0.1, 0.15) is 11.5 Å². The van der Waals surface area contributed by atoms with Gasteiger partial charge in [0.25, 0.3) is 5.91 Å². The van der Waals surface area contributed by atoms with Crippen molar-refractivity contribution in [2.75, 3.05) is 13.2 Å². The number of aromatic nitrogens is 3. The first-order valence-corrected chi connectivity index (χ1v) is 9.69. The third-order valence-corrected chi connectivity index (χ3v) is 4.78. The molecule has 7 heteroatoms. The number of hydrogen-bond donors (Lipinski definition) is 2. The highest BCUT2D eigenvalue weighted by Gasteiger charge is 2.22. The van der Waals surface area contributed by atoms with Crippen LogP contribution in [-0.4, -0.2) is 39.6 Å². The van der Waals surface area contributed by atoms with Gasteiger partial charge in [-0.25, -0.2) is 9.78 Å². The average molecular weight is 394 g/mol. The van der Waals surface area contributed by atoms with Crippen LogP contribution in [0.4, 0.5) is 0 Å². The molecule has 0 atom stereocenters. The second-order valence-corrected chi connectivity index (χ2v) is 6.81. The second-order valence-electron chi connectivity index (χ2n) is 6.81. The Morgan fingerprint density at radius 2 is 1.97 bits per heavy atom. The number of amides is 1. The maximum atomic E-state index is 12.6. The normalized spacial score (nSPS) is 10.7. The van der Waals surface area contributed by atoms with E-state index >= 15 is 0 Å². The highest BCUT2D eigenvalue weighted by molar-refractivity contribution is 6.00. The SMILES string of the molecule is CCOC(=O)c1c(C)[nH]c(C(=O)NCCc2nccn2Cc2ccccc2)c1C. The van der Waals surface area contributed by atoms with Gasteiger partial charge >= 0.3 is 5.97 Å². The lowest BCUT2D eigenvalue weighted by molar-refractivity contribution is 0.0525. The standard InChI is InChI=1S/C22H26N4O3/c1-4-29-22(28)19-15(2)20(25-16(19)3)21(27)24-11-10-18-23-12-13-26(18)14-17-8-6-5-7-9-17/h5-9,12-13,25H,4,10-11,14H2,1-3H3,(H,24,27). The Labute approximate surface area is 170 Å². The van der Waals surface area contributed by atoms with Crippen LogP contribution in [0.3, 0.4) is 0 Å². The van der Waals surface area contributed by atoms with Gasteiger partial charge < -0.3 is 19.6 Å². The number of carbonyl (C=O) groups is 2. The van der Waals surface area contributed by atoms with Crippen LogP contribution in [0, 0.1) is 13.8 Å². The molecule has 1 aromatic carbocycles. The van der Waals surface area contributed by atoms with Crippen molar-refractivity contribution >= 4 is 11.9 Å². The minimum absolute atomic E-state index is 0.248. The molecule has 2 N–H and O–H groups in total. The fourth-order valence-electron chi connectivity index (χ4n) is 3.36. The number of ether oxygens (including phenoxy) is 1. The fourth-order valence-corrected chi connectivity index (χ4v) is 3.36. The Balaban J connectivity index is 1.61. The number of H-pyrrole nitrogens is 1. The molecule has 0 saturated carbocycles. The Morgan fingerprint density at radius 1 is 1.21 bits per heavy atom. The fraction of sp³-hybridized carbons (Fsp3) is 0.318. The topological polar surface area (TPSA) is 89.0 Å². The van der Waals surface area contributed by atoms with Crippen molar-refractivity contribution in [1.29, 1.82) is 0 Å². The van der Waals surface area contributed by atoms with Gasteiger partial charge in [0.15, 0.2) is 0 Å². The van der Waals surface area contributed by atoms with E-state index in [2.05, 4.69) is 32.0 Å². The van der Waals surface area contributed by atoms with E-state index in [9.17, 15) is 9.59 Å². The molecule has 3 aromatic rings. The number of aryl methyl sites for hydroxylation is 1. The van der Waals surface area contributed by atoms with E-state index in [-0.39, 0.29) is 5.91 Å². The maximum Gasteiger partial charge on any atom is 0.340 e. The predicted molar refractivity (Wildman–Crippen MR) is 110 cm³/mol. The Kier molecular flexibility index (Phi) is 6.49. The van der Waals surface area contributed by atoms with Gasteiger partial charge in [0, 0.05) is 37.6 Å². The molecular formula is C22H26N4O3. The van der Waals surface area contributed by atoms with Crippen molar-refractivity contribution < 1.29 is 14.3 Å². The first-order valence-electron chi connectivity index (χ1n) is 9.69. The summed E-state index contributed by atoms with van der Waals surface area (Å²) < 4.78 is 7.15. The number of nitrogens with zero attached hydrogens (tertiary/aromatic N) is 2. The molecule has 0 aliphatic heterocycles. The van der Waals surface area contributed by atoms with Crippen LogP contribution >= 0.6 is 0 Å². The lowest BCUT2D eigenvalue weighted by atomic mass is 10.1. The number of aromatic amines is 1. The first-order chi connectivity index (χ1) is 14.0. The average Bonchev–Trinajstić information content (AvgIpc) is 3.26. The molecule has 3 rings (SSSR count). The van der Waals surface area contributed by atoms with Gasteiger partial charge in [-0.1, -0.05) is 30.3 Å². The van der Waals surface area contributed by atoms with Gasteiger partial charge in [0.2, 0.25) is 0 Å². The van der Waals surface area contributed by atoms with Gasteiger partial charge in [-0.05, 0) is 31.9 Å². The zero-order chi connectivity index (χ0) is 20.8. The lowest BCUT2D eigenvalue weighted by Gasteiger charge is -2.09. The van der Waals surface area contributed by atoms with Crippen LogP contribution < -0.4 is 5.32 Å². The van der Waals surface area contributed by atoms with Crippen LogP contribution in [0.15, 0.2) is 42.7 Å². The number of carbonyl (C=O) groups excluding carboxylic acids is 2. The van der Waals surface area contributed by atoms with E-state index in [4.69, 9.17) is 4.74 Å². The highest BCUT2D eigenvalue weighted by Crippen LogP contribution is 2.19. The van der Waals surface area contributed by atoms with Crippen LogP contribution in [-0.2, 0) is 17.7 Å². The molecule has 29 heavy (non-hydrogen) atoms. The molecule has 1 amide bonds. The van der Waals surface area contributed by atoms with Crippen molar-refractivity contribution in [3.63, 3.8) is 0 Å². The highest BCUT2D eigenvalue weighted by atomic mass is 16.5. The van der Waals surface area contributed by atoms with Gasteiger partial charge in [-0.2, -0.15) is 0 Å². The molecule has 0 bridgehead atoms. The molecular weight excluding hydrogens is 368 g/mol. The van der Waals surface area contributed by atoms with E-state index in [0.717, 1.165) is 12.4 Å². The van der Waals surface area contributed by atoms with Crippen molar-refractivity contribution in [2.45, 2.75) is 33.7 Å². The number of esters is 1. The van der Waals surface area contributed by atoms with Gasteiger partial charge in [0.05, 0.1) is 12.2 Å². The molecule has 7 nitrogen and oxygen atoms in total. The minimum atomic E-state index is -0.416. The van der Waals surface area contributed by atoms with Crippen LogP contribution in [0.2, 0.25) is 0 Å². The summed E-state index contributed by atoms with van der Waals surface area (Å²) in [5, 5.41) is 2.90. The molecule has 0 aliphatic carbocycles. The first kappa shape index (κ1) is 20.4. The van der Waals surface area contributed by atoms with Crippen molar-refractivity contribution in [3.8, 4) is 0 Å². The van der Waals surface area contributed by atoms with E-state index in [1.807, 2.05) is 24.4 Å². The van der Waals surface area contributed by atoms with E-state index in [1.54, 1.807) is 27.0 Å². The van der Waals surface area contributed by atoms with Crippen molar-refractivity contribution in [2.24, 2.45) is 0 Å². The zero-order valence-electron chi connectivity index (χ0n) is 17.0. The molecule has 0 saturated heterocycles. The number of hydrogen-bond acceptors (Lipinski definition) is 4. The van der Waals surface area contributed by atoms with E-state index < -0.39 is 5.97 Å². The van der Waals surface area contributed by atoms with Crippen molar-refractivity contribution in [3.05, 3.63) is 76.6 Å². The third-order valence-electron chi connectivity index (χ3n) is 4.78. The molecule has 2 aromatic heterocycles. The molecule has 0 spiro atoms. The van der Waals surface area contributed by atoms with Gasteiger partial charge in [-0.15, -0.1) is 0 Å². The lowest BCUT2D eigenvalue weighted by Crippen LogP contribution is -2.27. The summed E-state index contributed by atoms with van der Waals surface area (Å²) in [7, 11) is 0. The molecule has 2 heterocycles. The summed E-state index contributed by atoms with van der Waals surface area (Å²) in [6.45, 7) is 6.73. The Hall–Kier alpha value is -3.35. The largest absolute Gasteiger partial charge is 0.462 e. The van der Waals surface area contributed by atoms with E-state index in [1.165, 1.54) is 5.56 Å². The number of benzene rings is 1. The van der Waals surface area contributed by atoms with Crippen LogP contribution in [0.5, 0.6) is 0 Å². The maximum absolute atomic E-state index is 12.6. The molecule has 0 fully saturated rings. The number of rotatable bonds is 8. The summed E-state index contributed by atoms with van der Waals surface area (Å²) >= 11 is 0. The third kappa shape index (κ3) is 4.74. The summed E-state index contributed by atoms with van der Waals surface area (Å²) in [6.07, 6.45) is 4.31. The summed E-state index contributed by atoms with van der Waals surface area (Å²) in [4.78, 5) is 32.1. The second kappa shape index (κ2) is 9.23. The summed E-state index contributed by atoms with van der Waals surface area (Å²) in [6, 6.07) is 10.2. The van der Waals surface area contributed by atoms with Crippen LogP contribution in [0.1, 0.15) is 50.4 Å². The van der Waals surface area contributed by atoms with Gasteiger partial charge in [-0.3, -0.25) is 4.79 Å². The quantitative estimate of drug-likeness (QED) is 0.575. The molecule has 152 valence electrons.